The van der Waals surface area contributed by atoms with Gasteiger partial charge in [0.1, 0.15) is 0 Å². The molecular weight excluding hydrogens is 276 g/mol. The van der Waals surface area contributed by atoms with Crippen LogP contribution >= 0.6 is 0 Å². The van der Waals surface area contributed by atoms with Crippen LogP contribution in [0.5, 0.6) is 0 Å². The normalized spacial score (nSPS) is 23.0. The van der Waals surface area contributed by atoms with E-state index in [0.717, 1.165) is 12.1 Å². The maximum atomic E-state index is 12.1. The first-order valence-corrected chi connectivity index (χ1v) is 7.76. The highest BCUT2D eigenvalue weighted by molar-refractivity contribution is 5.75. The van der Waals surface area contributed by atoms with Crippen molar-refractivity contribution in [3.05, 3.63) is 35.9 Å². The molecule has 1 aliphatic rings. The zero-order chi connectivity index (χ0) is 16.5. The smallest absolute Gasteiger partial charge is 0.330 e. The van der Waals surface area contributed by atoms with E-state index in [4.69, 9.17) is 10.6 Å². The maximum Gasteiger partial charge on any atom is 0.330 e. The van der Waals surface area contributed by atoms with Gasteiger partial charge in [0.15, 0.2) is 0 Å². The summed E-state index contributed by atoms with van der Waals surface area (Å²) in [4.78, 5) is 17.7. The zero-order valence-corrected chi connectivity index (χ0v) is 14.1. The highest BCUT2D eigenvalue weighted by Gasteiger charge is 2.32. The Morgan fingerprint density at radius 2 is 1.82 bits per heavy atom. The van der Waals surface area contributed by atoms with Gasteiger partial charge in [0.05, 0.1) is 11.5 Å². The molecule has 0 spiro atoms. The number of nitrogens with two attached hydrogens (primary N) is 1. The summed E-state index contributed by atoms with van der Waals surface area (Å²) in [6.07, 6.45) is 2.99. The lowest BCUT2D eigenvalue weighted by molar-refractivity contribution is -0.217. The van der Waals surface area contributed by atoms with Crippen molar-refractivity contribution < 1.29 is 9.63 Å². The summed E-state index contributed by atoms with van der Waals surface area (Å²) in [6.45, 7) is 9.72. The first-order valence-electron chi connectivity index (χ1n) is 7.76. The van der Waals surface area contributed by atoms with Crippen LogP contribution in [-0.4, -0.2) is 23.1 Å². The Morgan fingerprint density at radius 1 is 1.23 bits per heavy atom. The minimum atomic E-state index is -0.500. The molecule has 0 bridgehead atoms. The van der Waals surface area contributed by atoms with Crippen LogP contribution in [0.3, 0.4) is 0 Å². The van der Waals surface area contributed by atoms with Gasteiger partial charge in [-0.3, -0.25) is 0 Å². The van der Waals surface area contributed by atoms with E-state index in [1.807, 2.05) is 52.0 Å². The van der Waals surface area contributed by atoms with Gasteiger partial charge in [-0.1, -0.05) is 18.2 Å². The van der Waals surface area contributed by atoms with E-state index >= 15 is 0 Å². The van der Waals surface area contributed by atoms with Crippen molar-refractivity contribution >= 4 is 17.2 Å². The van der Waals surface area contributed by atoms with E-state index in [1.165, 1.54) is 11.1 Å². The first kappa shape index (κ1) is 16.6. The fraction of sp³-hybridized carbons (Fsp3) is 0.500. The Morgan fingerprint density at radius 3 is 2.32 bits per heavy atom. The number of carbonyl (C=O) groups is 1. The SMILES string of the molecule is CC1C=C(c2ccc(N)cc2)CC(C)N1OC(=O)C(C)(C)C. The number of nitrogen functional groups attached to an aromatic ring is 1. The van der Waals surface area contributed by atoms with Gasteiger partial charge >= 0.3 is 5.97 Å². The van der Waals surface area contributed by atoms with E-state index in [0.29, 0.717) is 0 Å². The van der Waals surface area contributed by atoms with Crippen LogP contribution in [0, 0.1) is 5.41 Å². The standard InChI is InChI=1S/C18H26N2O2/c1-12-10-15(14-6-8-16(19)9-7-14)11-13(2)20(12)22-17(21)18(3,4)5/h6-10,12-13H,11,19H2,1-5H3. The second-order valence-electron chi connectivity index (χ2n) is 7.10. The van der Waals surface area contributed by atoms with Crippen molar-refractivity contribution in [2.75, 3.05) is 5.73 Å². The number of hydrogen-bond donors (Lipinski definition) is 1. The van der Waals surface area contributed by atoms with E-state index in [1.54, 1.807) is 5.06 Å². The average Bonchev–Trinajstić information content (AvgIpc) is 2.42. The monoisotopic (exact) mass is 302 g/mol. The minimum Gasteiger partial charge on any atom is -0.399 e. The van der Waals surface area contributed by atoms with Crippen LogP contribution in [0.4, 0.5) is 5.69 Å². The number of hydroxylamine groups is 2. The highest BCUT2D eigenvalue weighted by atomic mass is 16.7. The summed E-state index contributed by atoms with van der Waals surface area (Å²) in [7, 11) is 0. The molecule has 2 rings (SSSR count). The van der Waals surface area contributed by atoms with Crippen LogP contribution in [0.2, 0.25) is 0 Å². The van der Waals surface area contributed by atoms with Gasteiger partial charge in [-0.05, 0) is 64.3 Å². The molecule has 1 aromatic rings. The van der Waals surface area contributed by atoms with Crippen molar-refractivity contribution in [1.82, 2.24) is 5.06 Å². The van der Waals surface area contributed by atoms with Crippen molar-refractivity contribution in [3.63, 3.8) is 0 Å². The van der Waals surface area contributed by atoms with Gasteiger partial charge in [-0.2, -0.15) is 0 Å². The highest BCUT2D eigenvalue weighted by Crippen LogP contribution is 2.31. The summed E-state index contributed by atoms with van der Waals surface area (Å²) in [5.74, 6) is -0.199. The minimum absolute atomic E-state index is 0.0441. The van der Waals surface area contributed by atoms with Crippen LogP contribution < -0.4 is 5.73 Å². The fourth-order valence-corrected chi connectivity index (χ4v) is 2.56. The molecule has 120 valence electrons. The molecule has 0 aromatic heterocycles. The van der Waals surface area contributed by atoms with Crippen molar-refractivity contribution in [2.45, 2.75) is 53.1 Å². The number of benzene rings is 1. The molecule has 0 amide bonds. The molecule has 0 aliphatic carbocycles. The molecule has 4 heteroatoms. The molecule has 2 atom stereocenters. The van der Waals surface area contributed by atoms with Crippen molar-refractivity contribution in [2.24, 2.45) is 5.41 Å². The van der Waals surface area contributed by atoms with Gasteiger partial charge in [0.25, 0.3) is 0 Å². The first-order chi connectivity index (χ1) is 10.2. The Kier molecular flexibility index (Phi) is 4.61. The van der Waals surface area contributed by atoms with Gasteiger partial charge < -0.3 is 10.6 Å². The molecular formula is C18H26N2O2. The third-order valence-corrected chi connectivity index (χ3v) is 3.88. The van der Waals surface area contributed by atoms with Crippen molar-refractivity contribution in [3.8, 4) is 0 Å². The van der Waals surface area contributed by atoms with E-state index < -0.39 is 5.41 Å². The Bertz CT molecular complexity index is 570. The third-order valence-electron chi connectivity index (χ3n) is 3.88. The van der Waals surface area contributed by atoms with Gasteiger partial charge in [0, 0.05) is 11.7 Å². The van der Waals surface area contributed by atoms with E-state index in [-0.39, 0.29) is 18.1 Å². The van der Waals surface area contributed by atoms with Gasteiger partial charge in [-0.15, -0.1) is 5.06 Å². The summed E-state index contributed by atoms with van der Waals surface area (Å²) in [5, 5.41) is 1.80. The Hall–Kier alpha value is -1.81. The molecule has 0 fully saturated rings. The lowest BCUT2D eigenvalue weighted by Gasteiger charge is -2.37. The zero-order valence-electron chi connectivity index (χ0n) is 14.1. The molecule has 1 aromatic carbocycles. The molecule has 4 nitrogen and oxygen atoms in total. The second-order valence-corrected chi connectivity index (χ2v) is 7.10. The summed E-state index contributed by atoms with van der Waals surface area (Å²) < 4.78 is 0. The van der Waals surface area contributed by atoms with Crippen LogP contribution in [0.1, 0.15) is 46.6 Å². The quantitative estimate of drug-likeness (QED) is 0.847. The maximum absolute atomic E-state index is 12.1. The number of anilines is 1. The van der Waals surface area contributed by atoms with Crippen molar-refractivity contribution in [1.29, 1.82) is 0 Å². The van der Waals surface area contributed by atoms with Gasteiger partial charge in [0.2, 0.25) is 0 Å². The molecule has 0 saturated heterocycles. The predicted molar refractivity (Wildman–Crippen MR) is 89.8 cm³/mol. The van der Waals surface area contributed by atoms with E-state index in [2.05, 4.69) is 13.0 Å². The van der Waals surface area contributed by atoms with Crippen LogP contribution in [0.25, 0.3) is 5.57 Å². The number of nitrogens with zero attached hydrogens (tertiary/aromatic N) is 1. The van der Waals surface area contributed by atoms with Gasteiger partial charge in [-0.25, -0.2) is 4.79 Å². The lowest BCUT2D eigenvalue weighted by atomic mass is 9.93. The summed E-state index contributed by atoms with van der Waals surface area (Å²) in [6, 6.07) is 8.09. The molecule has 2 N–H and O–H groups in total. The number of rotatable bonds is 2. The predicted octanol–water partition coefficient (Wildman–Crippen LogP) is 3.64. The molecule has 2 unspecified atom stereocenters. The molecule has 22 heavy (non-hydrogen) atoms. The number of carbonyl (C=O) groups excluding carboxylic acids is 1. The molecule has 0 radical (unpaired) electrons. The largest absolute Gasteiger partial charge is 0.399 e. The third kappa shape index (κ3) is 3.69. The Labute approximate surface area is 132 Å². The molecule has 1 aliphatic heterocycles. The second kappa shape index (κ2) is 6.13. The summed E-state index contributed by atoms with van der Waals surface area (Å²) in [5.41, 5.74) is 8.45. The van der Waals surface area contributed by atoms with Crippen LogP contribution in [-0.2, 0) is 9.63 Å². The summed E-state index contributed by atoms with van der Waals surface area (Å²) >= 11 is 0. The molecule has 1 heterocycles. The Balaban J connectivity index is 2.16. The topological polar surface area (TPSA) is 55.6 Å². The van der Waals surface area contributed by atoms with Crippen LogP contribution in [0.15, 0.2) is 30.3 Å². The lowest BCUT2D eigenvalue weighted by Crippen LogP contribution is -2.45. The number of hydrogen-bond acceptors (Lipinski definition) is 4. The average molecular weight is 302 g/mol. The fourth-order valence-electron chi connectivity index (χ4n) is 2.56. The van der Waals surface area contributed by atoms with E-state index in [9.17, 15) is 4.79 Å². The molecule has 0 saturated carbocycles.